The van der Waals surface area contributed by atoms with Gasteiger partial charge in [-0.2, -0.15) is 0 Å². The molecule has 0 aliphatic rings. The molecule has 0 rings (SSSR count). The third-order valence-electron chi connectivity index (χ3n) is 3.16. The summed E-state index contributed by atoms with van der Waals surface area (Å²) in [6, 6.07) is -3.11. The number of aliphatic carboxylic acids is 1. The van der Waals surface area contributed by atoms with E-state index < -0.39 is 42.5 Å². The van der Waals surface area contributed by atoms with Gasteiger partial charge in [-0.05, 0) is 18.3 Å². The Bertz CT molecular complexity index is 398. The number of carbonyl (C=O) groups excluding carboxylic acids is 2. The van der Waals surface area contributed by atoms with Crippen molar-refractivity contribution in [2.75, 3.05) is 6.61 Å². The molecule has 3 atom stereocenters. The number of carboxylic acids is 1. The molecule has 6 N–H and O–H groups in total. The smallest absolute Gasteiger partial charge is 0.326 e. The molecule has 8 heteroatoms. The van der Waals surface area contributed by atoms with Crippen molar-refractivity contribution >= 4 is 17.8 Å². The third-order valence-corrected chi connectivity index (χ3v) is 3.16. The van der Waals surface area contributed by atoms with Gasteiger partial charge in [-0.25, -0.2) is 4.79 Å². The van der Waals surface area contributed by atoms with Crippen LogP contribution in [0, 0.1) is 11.8 Å². The van der Waals surface area contributed by atoms with Gasteiger partial charge < -0.3 is 26.6 Å². The highest BCUT2D eigenvalue weighted by Gasteiger charge is 2.28. The molecule has 128 valence electrons. The SMILES string of the molecule is CC(C)CC(NC(=O)C(CO)NC(=O)C(N)C(C)C)C(=O)O. The maximum absolute atomic E-state index is 12.0. The summed E-state index contributed by atoms with van der Waals surface area (Å²) >= 11 is 0. The Balaban J connectivity index is 4.76. The number of nitrogens with one attached hydrogen (secondary N) is 2. The molecule has 0 heterocycles. The molecule has 3 unspecified atom stereocenters. The quantitative estimate of drug-likeness (QED) is 0.372. The number of hydrogen-bond acceptors (Lipinski definition) is 5. The second kappa shape index (κ2) is 9.37. The maximum atomic E-state index is 12.0. The molecule has 0 aliphatic heterocycles. The lowest BCUT2D eigenvalue weighted by molar-refractivity contribution is -0.143. The summed E-state index contributed by atoms with van der Waals surface area (Å²) in [5.74, 6) is -2.54. The molecule has 0 aromatic heterocycles. The van der Waals surface area contributed by atoms with Crippen molar-refractivity contribution in [3.8, 4) is 0 Å². The molecule has 0 aromatic carbocycles. The van der Waals surface area contributed by atoms with Crippen molar-refractivity contribution in [1.82, 2.24) is 10.6 Å². The summed E-state index contributed by atoms with van der Waals surface area (Å²) < 4.78 is 0. The molecule has 22 heavy (non-hydrogen) atoms. The Hall–Kier alpha value is -1.67. The van der Waals surface area contributed by atoms with Gasteiger partial charge in [-0.3, -0.25) is 9.59 Å². The predicted octanol–water partition coefficient (Wildman–Crippen LogP) is -0.938. The van der Waals surface area contributed by atoms with Gasteiger partial charge in [0.2, 0.25) is 11.8 Å². The molecular formula is C14H27N3O5. The molecule has 0 aromatic rings. The van der Waals surface area contributed by atoms with Gasteiger partial charge in [0, 0.05) is 0 Å². The summed E-state index contributed by atoms with van der Waals surface area (Å²) in [5, 5.41) is 23.0. The normalized spacial score (nSPS) is 15.3. The van der Waals surface area contributed by atoms with Crippen LogP contribution in [0.25, 0.3) is 0 Å². The summed E-state index contributed by atoms with van der Waals surface area (Å²) in [6.07, 6.45) is 0.249. The van der Waals surface area contributed by atoms with E-state index in [9.17, 15) is 19.5 Å². The van der Waals surface area contributed by atoms with Crippen molar-refractivity contribution in [2.24, 2.45) is 17.6 Å². The molecule has 0 radical (unpaired) electrons. The van der Waals surface area contributed by atoms with Crippen LogP contribution in [0.15, 0.2) is 0 Å². The lowest BCUT2D eigenvalue weighted by atomic mass is 10.0. The van der Waals surface area contributed by atoms with Gasteiger partial charge in [-0.1, -0.05) is 27.7 Å². The lowest BCUT2D eigenvalue weighted by Gasteiger charge is -2.23. The molecule has 0 fully saturated rings. The van der Waals surface area contributed by atoms with Gasteiger partial charge >= 0.3 is 5.97 Å². The first-order valence-corrected chi connectivity index (χ1v) is 7.30. The minimum atomic E-state index is -1.23. The number of aliphatic hydroxyl groups excluding tert-OH is 1. The Morgan fingerprint density at radius 1 is 1.00 bits per heavy atom. The summed E-state index contributed by atoms with van der Waals surface area (Å²) in [4.78, 5) is 34.9. The first-order chi connectivity index (χ1) is 10.1. The Morgan fingerprint density at radius 2 is 1.50 bits per heavy atom. The van der Waals surface area contributed by atoms with Crippen LogP contribution in [0.5, 0.6) is 0 Å². The standard InChI is InChI=1S/C14H27N3O5/c1-7(2)5-9(14(21)22)16-12(19)10(6-18)17-13(20)11(15)8(3)4/h7-11,18H,5-6,15H2,1-4H3,(H,16,19)(H,17,20)(H,21,22). The van der Waals surface area contributed by atoms with E-state index in [0.29, 0.717) is 0 Å². The molecule has 2 amide bonds. The van der Waals surface area contributed by atoms with Crippen LogP contribution >= 0.6 is 0 Å². The van der Waals surface area contributed by atoms with E-state index in [1.54, 1.807) is 13.8 Å². The van der Waals surface area contributed by atoms with Crippen LogP contribution in [0.4, 0.5) is 0 Å². The highest BCUT2D eigenvalue weighted by atomic mass is 16.4. The Kier molecular flexibility index (Phi) is 8.66. The zero-order valence-corrected chi connectivity index (χ0v) is 13.5. The van der Waals surface area contributed by atoms with Gasteiger partial charge in [0.1, 0.15) is 12.1 Å². The fraction of sp³-hybridized carbons (Fsp3) is 0.786. The molecule has 8 nitrogen and oxygen atoms in total. The molecule has 0 saturated heterocycles. The van der Waals surface area contributed by atoms with Crippen LogP contribution in [-0.2, 0) is 14.4 Å². The number of hydrogen-bond donors (Lipinski definition) is 5. The third kappa shape index (κ3) is 6.86. The molecule has 0 spiro atoms. The molecule has 0 aliphatic carbocycles. The Labute approximate surface area is 130 Å². The van der Waals surface area contributed by atoms with Crippen molar-refractivity contribution < 1.29 is 24.6 Å². The van der Waals surface area contributed by atoms with E-state index in [2.05, 4.69) is 10.6 Å². The van der Waals surface area contributed by atoms with E-state index in [-0.39, 0.29) is 18.3 Å². The zero-order chi connectivity index (χ0) is 17.4. The number of rotatable bonds is 9. The van der Waals surface area contributed by atoms with E-state index in [4.69, 9.17) is 10.8 Å². The van der Waals surface area contributed by atoms with Gasteiger partial charge in [0.15, 0.2) is 0 Å². The second-order valence-corrected chi connectivity index (χ2v) is 6.04. The molecule has 0 bridgehead atoms. The van der Waals surface area contributed by atoms with Crippen molar-refractivity contribution in [2.45, 2.75) is 52.2 Å². The highest BCUT2D eigenvalue weighted by molar-refractivity contribution is 5.91. The molecule has 0 saturated carbocycles. The van der Waals surface area contributed by atoms with Crippen molar-refractivity contribution in [3.05, 3.63) is 0 Å². The molecular weight excluding hydrogens is 290 g/mol. The van der Waals surface area contributed by atoms with Crippen LogP contribution in [0.1, 0.15) is 34.1 Å². The fourth-order valence-electron chi connectivity index (χ4n) is 1.73. The van der Waals surface area contributed by atoms with Crippen LogP contribution in [-0.4, -0.2) is 52.7 Å². The van der Waals surface area contributed by atoms with Crippen LogP contribution < -0.4 is 16.4 Å². The van der Waals surface area contributed by atoms with E-state index in [1.807, 2.05) is 13.8 Å². The largest absolute Gasteiger partial charge is 0.480 e. The minimum Gasteiger partial charge on any atom is -0.480 e. The maximum Gasteiger partial charge on any atom is 0.326 e. The van der Waals surface area contributed by atoms with E-state index >= 15 is 0 Å². The first kappa shape index (κ1) is 20.3. The highest BCUT2D eigenvalue weighted by Crippen LogP contribution is 2.05. The fourth-order valence-corrected chi connectivity index (χ4v) is 1.73. The number of aliphatic hydroxyl groups is 1. The number of amides is 2. The van der Waals surface area contributed by atoms with Gasteiger partial charge in [-0.15, -0.1) is 0 Å². The van der Waals surface area contributed by atoms with E-state index in [1.165, 1.54) is 0 Å². The monoisotopic (exact) mass is 317 g/mol. The lowest BCUT2D eigenvalue weighted by Crippen LogP contribution is -2.56. The summed E-state index contributed by atoms with van der Waals surface area (Å²) in [7, 11) is 0. The van der Waals surface area contributed by atoms with Crippen LogP contribution in [0.2, 0.25) is 0 Å². The zero-order valence-electron chi connectivity index (χ0n) is 13.5. The summed E-state index contributed by atoms with van der Waals surface area (Å²) in [5.41, 5.74) is 5.66. The second-order valence-electron chi connectivity index (χ2n) is 6.04. The van der Waals surface area contributed by atoms with E-state index in [0.717, 1.165) is 0 Å². The average Bonchev–Trinajstić information content (AvgIpc) is 2.41. The predicted molar refractivity (Wildman–Crippen MR) is 80.9 cm³/mol. The first-order valence-electron chi connectivity index (χ1n) is 7.30. The Morgan fingerprint density at radius 3 is 1.86 bits per heavy atom. The minimum absolute atomic E-state index is 0.0675. The van der Waals surface area contributed by atoms with Crippen LogP contribution in [0.3, 0.4) is 0 Å². The number of carbonyl (C=O) groups is 3. The van der Waals surface area contributed by atoms with Gasteiger partial charge in [0.05, 0.1) is 12.6 Å². The summed E-state index contributed by atoms with van der Waals surface area (Å²) in [6.45, 7) is 6.52. The number of carboxylic acid groups (broad SMARTS) is 1. The topological polar surface area (TPSA) is 142 Å². The van der Waals surface area contributed by atoms with Crippen molar-refractivity contribution in [3.63, 3.8) is 0 Å². The average molecular weight is 317 g/mol. The van der Waals surface area contributed by atoms with Gasteiger partial charge in [0.25, 0.3) is 0 Å². The van der Waals surface area contributed by atoms with Crippen molar-refractivity contribution in [1.29, 1.82) is 0 Å². The number of nitrogens with two attached hydrogens (primary N) is 1.